The normalized spacial score (nSPS) is 10.6. The first-order valence-corrected chi connectivity index (χ1v) is 5.77. The van der Waals surface area contributed by atoms with Gasteiger partial charge in [0.2, 0.25) is 0 Å². The Hall–Kier alpha value is -1.62. The molecule has 4 nitrogen and oxygen atoms in total. The predicted octanol–water partition coefficient (Wildman–Crippen LogP) is 2.15. The molecular formula is C13H18FNO3. The lowest BCUT2D eigenvalue weighted by Gasteiger charge is -2.14. The van der Waals surface area contributed by atoms with Gasteiger partial charge in [0, 0.05) is 12.5 Å². The standard InChI is InChI=1S/C13H18FNO3/c1-8(2)18-13-7-10(14)9(6-12(13)17-3)11(16)4-5-15/h6-8H,4-5,15H2,1-3H3. The lowest BCUT2D eigenvalue weighted by Crippen LogP contribution is -2.12. The minimum absolute atomic E-state index is 0.0200. The molecule has 0 heterocycles. The van der Waals surface area contributed by atoms with E-state index in [1.807, 2.05) is 13.8 Å². The molecule has 0 fully saturated rings. The number of carbonyl (C=O) groups excluding carboxylic acids is 1. The van der Waals surface area contributed by atoms with Gasteiger partial charge in [-0.2, -0.15) is 0 Å². The number of hydrogen-bond donors (Lipinski definition) is 1. The highest BCUT2D eigenvalue weighted by Gasteiger charge is 2.17. The smallest absolute Gasteiger partial charge is 0.167 e. The van der Waals surface area contributed by atoms with Gasteiger partial charge >= 0.3 is 0 Å². The number of ketones is 1. The van der Waals surface area contributed by atoms with Crippen LogP contribution < -0.4 is 15.2 Å². The van der Waals surface area contributed by atoms with Gasteiger partial charge in [0.25, 0.3) is 0 Å². The van der Waals surface area contributed by atoms with E-state index >= 15 is 0 Å². The molecule has 0 aromatic heterocycles. The second-order valence-corrected chi connectivity index (χ2v) is 4.11. The summed E-state index contributed by atoms with van der Waals surface area (Å²) >= 11 is 0. The average molecular weight is 255 g/mol. The lowest BCUT2D eigenvalue weighted by molar-refractivity contribution is 0.0981. The Morgan fingerprint density at radius 2 is 2.06 bits per heavy atom. The van der Waals surface area contributed by atoms with Crippen molar-refractivity contribution in [1.29, 1.82) is 0 Å². The Bertz CT molecular complexity index is 432. The van der Waals surface area contributed by atoms with Crippen molar-refractivity contribution in [2.24, 2.45) is 5.73 Å². The van der Waals surface area contributed by atoms with E-state index in [4.69, 9.17) is 15.2 Å². The summed E-state index contributed by atoms with van der Waals surface area (Å²) in [5.41, 5.74) is 5.26. The van der Waals surface area contributed by atoms with Gasteiger partial charge < -0.3 is 15.2 Å². The molecule has 0 bridgehead atoms. The molecule has 0 saturated heterocycles. The number of benzene rings is 1. The van der Waals surface area contributed by atoms with Crippen LogP contribution in [0.1, 0.15) is 30.6 Å². The molecule has 0 unspecified atom stereocenters. The Balaban J connectivity index is 3.13. The maximum Gasteiger partial charge on any atom is 0.167 e. The molecule has 100 valence electrons. The van der Waals surface area contributed by atoms with Gasteiger partial charge in [-0.15, -0.1) is 0 Å². The molecule has 0 saturated carbocycles. The second-order valence-electron chi connectivity index (χ2n) is 4.11. The first-order chi connectivity index (χ1) is 8.49. The van der Waals surface area contributed by atoms with E-state index in [2.05, 4.69) is 0 Å². The first kappa shape index (κ1) is 14.4. The largest absolute Gasteiger partial charge is 0.493 e. The van der Waals surface area contributed by atoms with Crippen LogP contribution in [0, 0.1) is 5.82 Å². The summed E-state index contributed by atoms with van der Waals surface area (Å²) < 4.78 is 24.3. The molecular weight excluding hydrogens is 237 g/mol. The molecule has 1 aromatic carbocycles. The highest BCUT2D eigenvalue weighted by atomic mass is 19.1. The van der Waals surface area contributed by atoms with E-state index in [0.717, 1.165) is 0 Å². The predicted molar refractivity (Wildman–Crippen MR) is 66.7 cm³/mol. The van der Waals surface area contributed by atoms with Gasteiger partial charge in [0.05, 0.1) is 18.8 Å². The van der Waals surface area contributed by atoms with E-state index in [-0.39, 0.29) is 36.2 Å². The van der Waals surface area contributed by atoms with Gasteiger partial charge in [-0.05, 0) is 26.5 Å². The molecule has 0 aliphatic heterocycles. The van der Waals surface area contributed by atoms with Crippen molar-refractivity contribution >= 4 is 5.78 Å². The van der Waals surface area contributed by atoms with Crippen molar-refractivity contribution in [2.45, 2.75) is 26.4 Å². The molecule has 1 aromatic rings. The van der Waals surface area contributed by atoms with Crippen molar-refractivity contribution < 1.29 is 18.7 Å². The molecule has 2 N–H and O–H groups in total. The monoisotopic (exact) mass is 255 g/mol. The third kappa shape index (κ3) is 3.43. The van der Waals surface area contributed by atoms with Crippen LogP contribution in [0.2, 0.25) is 0 Å². The van der Waals surface area contributed by atoms with E-state index in [1.54, 1.807) is 0 Å². The van der Waals surface area contributed by atoms with Crippen LogP contribution in [0.25, 0.3) is 0 Å². The summed E-state index contributed by atoms with van der Waals surface area (Å²) in [6, 6.07) is 2.52. The van der Waals surface area contributed by atoms with Crippen LogP contribution in [0.15, 0.2) is 12.1 Å². The number of carbonyl (C=O) groups is 1. The fraction of sp³-hybridized carbons (Fsp3) is 0.462. The summed E-state index contributed by atoms with van der Waals surface area (Å²) in [7, 11) is 1.44. The zero-order chi connectivity index (χ0) is 13.7. The van der Waals surface area contributed by atoms with Gasteiger partial charge in [-0.1, -0.05) is 0 Å². The molecule has 18 heavy (non-hydrogen) atoms. The Morgan fingerprint density at radius 1 is 1.39 bits per heavy atom. The van der Waals surface area contributed by atoms with Gasteiger partial charge in [0.1, 0.15) is 5.82 Å². The molecule has 0 aliphatic carbocycles. The number of hydrogen-bond acceptors (Lipinski definition) is 4. The minimum atomic E-state index is -0.620. The SMILES string of the molecule is COc1cc(C(=O)CCN)c(F)cc1OC(C)C. The fourth-order valence-corrected chi connectivity index (χ4v) is 1.52. The summed E-state index contributed by atoms with van der Waals surface area (Å²) in [6.07, 6.45) is -0.00586. The number of Topliss-reactive ketones (excluding diaryl/α,β-unsaturated/α-hetero) is 1. The first-order valence-electron chi connectivity index (χ1n) is 5.77. The van der Waals surface area contributed by atoms with Crippen molar-refractivity contribution in [3.05, 3.63) is 23.5 Å². The van der Waals surface area contributed by atoms with Gasteiger partial charge in [-0.3, -0.25) is 4.79 Å². The molecule has 5 heteroatoms. The molecule has 0 amide bonds. The molecule has 0 atom stereocenters. The van der Waals surface area contributed by atoms with Crippen LogP contribution in [0.3, 0.4) is 0 Å². The van der Waals surface area contributed by atoms with Crippen LogP contribution in [0.5, 0.6) is 11.5 Å². The number of halogens is 1. The topological polar surface area (TPSA) is 61.5 Å². The number of rotatable bonds is 6. The van der Waals surface area contributed by atoms with E-state index in [0.29, 0.717) is 5.75 Å². The molecule has 0 spiro atoms. The zero-order valence-corrected chi connectivity index (χ0v) is 10.8. The zero-order valence-electron chi connectivity index (χ0n) is 10.8. The Labute approximate surface area is 106 Å². The van der Waals surface area contributed by atoms with Gasteiger partial charge in [0.15, 0.2) is 17.3 Å². The average Bonchev–Trinajstić information content (AvgIpc) is 2.28. The van der Waals surface area contributed by atoms with Crippen molar-refractivity contribution in [1.82, 2.24) is 0 Å². The summed E-state index contributed by atoms with van der Waals surface area (Å²) in [5.74, 6) is -0.339. The fourth-order valence-electron chi connectivity index (χ4n) is 1.52. The van der Waals surface area contributed by atoms with Crippen molar-refractivity contribution in [3.8, 4) is 11.5 Å². The quantitative estimate of drug-likeness (QED) is 0.791. The van der Waals surface area contributed by atoms with Gasteiger partial charge in [-0.25, -0.2) is 4.39 Å². The van der Waals surface area contributed by atoms with E-state index in [1.165, 1.54) is 19.2 Å². The number of methoxy groups -OCH3 is 1. The Kier molecular flexibility index (Phi) is 5.09. The highest BCUT2D eigenvalue weighted by molar-refractivity contribution is 5.97. The third-order valence-electron chi connectivity index (χ3n) is 2.29. The lowest BCUT2D eigenvalue weighted by atomic mass is 10.1. The van der Waals surface area contributed by atoms with E-state index < -0.39 is 5.82 Å². The summed E-state index contributed by atoms with van der Waals surface area (Å²) in [6.45, 7) is 3.83. The van der Waals surface area contributed by atoms with Crippen LogP contribution in [-0.2, 0) is 0 Å². The third-order valence-corrected chi connectivity index (χ3v) is 2.29. The van der Waals surface area contributed by atoms with Crippen molar-refractivity contribution in [3.63, 3.8) is 0 Å². The second kappa shape index (κ2) is 6.35. The van der Waals surface area contributed by atoms with Crippen molar-refractivity contribution in [2.75, 3.05) is 13.7 Å². The maximum atomic E-state index is 13.8. The number of nitrogens with two attached hydrogens (primary N) is 1. The maximum absolute atomic E-state index is 13.8. The molecule has 1 rings (SSSR count). The highest BCUT2D eigenvalue weighted by Crippen LogP contribution is 2.31. The van der Waals surface area contributed by atoms with E-state index in [9.17, 15) is 9.18 Å². The van der Waals surface area contributed by atoms with Crippen LogP contribution in [-0.4, -0.2) is 25.5 Å². The molecule has 0 radical (unpaired) electrons. The van der Waals surface area contributed by atoms with Crippen LogP contribution >= 0.6 is 0 Å². The summed E-state index contributed by atoms with van der Waals surface area (Å²) in [4.78, 5) is 11.7. The minimum Gasteiger partial charge on any atom is -0.493 e. The van der Waals surface area contributed by atoms with Crippen LogP contribution in [0.4, 0.5) is 4.39 Å². The Morgan fingerprint density at radius 3 is 2.56 bits per heavy atom. The molecule has 0 aliphatic rings. The number of ether oxygens (including phenoxy) is 2. The summed E-state index contributed by atoms with van der Waals surface area (Å²) in [5, 5.41) is 0.